The van der Waals surface area contributed by atoms with Gasteiger partial charge in [0.15, 0.2) is 6.10 Å². The van der Waals surface area contributed by atoms with Gasteiger partial charge in [-0.05, 0) is 36.9 Å². The first-order valence-electron chi connectivity index (χ1n) is 6.27. The fourth-order valence-electron chi connectivity index (χ4n) is 1.66. The lowest BCUT2D eigenvalue weighted by Gasteiger charge is -2.14. The van der Waals surface area contributed by atoms with E-state index in [4.69, 9.17) is 4.74 Å². The van der Waals surface area contributed by atoms with Crippen LogP contribution < -0.4 is 10.1 Å². The van der Waals surface area contributed by atoms with E-state index in [9.17, 15) is 4.79 Å². The molecule has 0 aliphatic rings. The van der Waals surface area contributed by atoms with E-state index in [0.29, 0.717) is 12.3 Å². The second-order valence-corrected chi connectivity index (χ2v) is 5.23. The molecule has 0 aliphatic carbocycles. The average molecular weight is 275 g/mol. The fraction of sp³-hybridized carbons (Fsp3) is 0.267. The summed E-state index contributed by atoms with van der Waals surface area (Å²) in [6.07, 6.45) is 0.382. The third-order valence-corrected chi connectivity index (χ3v) is 3.61. The minimum atomic E-state index is -0.481. The van der Waals surface area contributed by atoms with Crippen molar-refractivity contribution in [2.75, 3.05) is 6.54 Å². The largest absolute Gasteiger partial charge is 0.481 e. The van der Waals surface area contributed by atoms with Crippen LogP contribution in [0.15, 0.2) is 47.8 Å². The summed E-state index contributed by atoms with van der Waals surface area (Å²) in [5.74, 6) is 0.629. The van der Waals surface area contributed by atoms with E-state index in [-0.39, 0.29) is 5.91 Å². The normalized spacial score (nSPS) is 11.8. The van der Waals surface area contributed by atoms with Crippen LogP contribution in [0.1, 0.15) is 11.8 Å². The monoisotopic (exact) mass is 275 g/mol. The Morgan fingerprint density at radius 3 is 2.74 bits per heavy atom. The van der Waals surface area contributed by atoms with Crippen LogP contribution in [0.3, 0.4) is 0 Å². The predicted molar refractivity (Wildman–Crippen MR) is 77.6 cm³/mol. The van der Waals surface area contributed by atoms with E-state index >= 15 is 0 Å². The molecule has 0 saturated carbocycles. The number of carbonyl (C=O) groups excluding carboxylic acids is 1. The number of amides is 1. The van der Waals surface area contributed by atoms with Crippen molar-refractivity contribution in [1.29, 1.82) is 0 Å². The van der Waals surface area contributed by atoms with Crippen molar-refractivity contribution in [3.05, 3.63) is 52.7 Å². The predicted octanol–water partition coefficient (Wildman–Crippen LogP) is 2.87. The fourth-order valence-corrected chi connectivity index (χ4v) is 2.37. The van der Waals surface area contributed by atoms with Crippen LogP contribution in [-0.2, 0) is 11.2 Å². The highest BCUT2D eigenvalue weighted by Crippen LogP contribution is 2.11. The van der Waals surface area contributed by atoms with Gasteiger partial charge in [-0.3, -0.25) is 4.79 Å². The second kappa shape index (κ2) is 6.95. The highest BCUT2D eigenvalue weighted by atomic mass is 32.1. The average Bonchev–Trinajstić information content (AvgIpc) is 2.93. The first-order chi connectivity index (χ1) is 9.25. The third kappa shape index (κ3) is 4.41. The summed E-state index contributed by atoms with van der Waals surface area (Å²) >= 11 is 1.70. The SMILES string of the molecule is C[C@H](Oc1ccccc1)C(=O)NCCc1cccs1. The van der Waals surface area contributed by atoms with Crippen LogP contribution in [0.5, 0.6) is 5.75 Å². The minimum absolute atomic E-state index is 0.0830. The first kappa shape index (κ1) is 13.6. The lowest BCUT2D eigenvalue weighted by Crippen LogP contribution is -2.37. The molecule has 1 aromatic carbocycles. The molecule has 0 unspecified atom stereocenters. The molecule has 100 valence electrons. The van der Waals surface area contributed by atoms with Crippen LogP contribution in [-0.4, -0.2) is 18.6 Å². The van der Waals surface area contributed by atoms with Gasteiger partial charge in [-0.2, -0.15) is 0 Å². The Balaban J connectivity index is 1.73. The van der Waals surface area contributed by atoms with Crippen molar-refractivity contribution in [3.63, 3.8) is 0 Å². The van der Waals surface area contributed by atoms with E-state index in [0.717, 1.165) is 6.42 Å². The molecule has 0 fully saturated rings. The van der Waals surface area contributed by atoms with Crippen molar-refractivity contribution in [1.82, 2.24) is 5.32 Å². The van der Waals surface area contributed by atoms with Crippen molar-refractivity contribution in [2.45, 2.75) is 19.4 Å². The molecule has 0 aliphatic heterocycles. The molecule has 1 N–H and O–H groups in total. The van der Waals surface area contributed by atoms with Crippen LogP contribution in [0.2, 0.25) is 0 Å². The van der Waals surface area contributed by atoms with Crippen LogP contribution in [0.25, 0.3) is 0 Å². The molecule has 1 atom stereocenters. The highest BCUT2D eigenvalue weighted by molar-refractivity contribution is 7.09. The summed E-state index contributed by atoms with van der Waals surface area (Å²) in [5, 5.41) is 4.92. The number of carbonyl (C=O) groups is 1. The van der Waals surface area contributed by atoms with Gasteiger partial charge in [-0.1, -0.05) is 24.3 Å². The molecular weight excluding hydrogens is 258 g/mol. The third-order valence-electron chi connectivity index (χ3n) is 2.68. The topological polar surface area (TPSA) is 38.3 Å². The van der Waals surface area contributed by atoms with Gasteiger partial charge in [-0.25, -0.2) is 0 Å². The van der Waals surface area contributed by atoms with E-state index in [1.165, 1.54) is 4.88 Å². The van der Waals surface area contributed by atoms with Gasteiger partial charge in [0.05, 0.1) is 0 Å². The molecule has 4 heteroatoms. The van der Waals surface area contributed by atoms with Gasteiger partial charge in [0, 0.05) is 11.4 Å². The quantitative estimate of drug-likeness (QED) is 0.880. The second-order valence-electron chi connectivity index (χ2n) is 4.19. The zero-order valence-corrected chi connectivity index (χ0v) is 11.7. The molecule has 0 saturated heterocycles. The van der Waals surface area contributed by atoms with Gasteiger partial charge in [-0.15, -0.1) is 11.3 Å². The molecular formula is C15H17NO2S. The highest BCUT2D eigenvalue weighted by Gasteiger charge is 2.13. The van der Waals surface area contributed by atoms with E-state index < -0.39 is 6.10 Å². The Morgan fingerprint density at radius 2 is 2.05 bits per heavy atom. The van der Waals surface area contributed by atoms with E-state index in [1.54, 1.807) is 18.3 Å². The van der Waals surface area contributed by atoms with Crippen LogP contribution in [0.4, 0.5) is 0 Å². The number of hydrogen-bond acceptors (Lipinski definition) is 3. The summed E-state index contributed by atoms with van der Waals surface area (Å²) in [5.41, 5.74) is 0. The molecule has 2 aromatic rings. The standard InChI is InChI=1S/C15H17NO2S/c1-12(18-13-6-3-2-4-7-13)15(17)16-10-9-14-8-5-11-19-14/h2-8,11-12H,9-10H2,1H3,(H,16,17)/t12-/m0/s1. The number of hydrogen-bond donors (Lipinski definition) is 1. The Hall–Kier alpha value is -1.81. The number of rotatable bonds is 6. The van der Waals surface area contributed by atoms with Gasteiger partial charge < -0.3 is 10.1 Å². The molecule has 2 rings (SSSR count). The molecule has 1 heterocycles. The molecule has 0 radical (unpaired) electrons. The maximum atomic E-state index is 11.8. The number of nitrogens with one attached hydrogen (secondary N) is 1. The molecule has 3 nitrogen and oxygen atoms in total. The Labute approximate surface area is 117 Å². The lowest BCUT2D eigenvalue weighted by atomic mass is 10.3. The van der Waals surface area contributed by atoms with Gasteiger partial charge in [0.25, 0.3) is 5.91 Å². The maximum Gasteiger partial charge on any atom is 0.260 e. The van der Waals surface area contributed by atoms with Crippen LogP contribution >= 0.6 is 11.3 Å². The first-order valence-corrected chi connectivity index (χ1v) is 7.15. The van der Waals surface area contributed by atoms with Gasteiger partial charge >= 0.3 is 0 Å². The summed E-state index contributed by atoms with van der Waals surface area (Å²) in [4.78, 5) is 13.1. The molecule has 1 amide bonds. The number of thiophene rings is 1. The number of para-hydroxylation sites is 1. The number of benzene rings is 1. The van der Waals surface area contributed by atoms with Crippen molar-refractivity contribution in [3.8, 4) is 5.75 Å². The van der Waals surface area contributed by atoms with Crippen molar-refractivity contribution in [2.24, 2.45) is 0 Å². The molecule has 0 bridgehead atoms. The van der Waals surface area contributed by atoms with Crippen molar-refractivity contribution >= 4 is 17.2 Å². The van der Waals surface area contributed by atoms with Gasteiger partial charge in [0.1, 0.15) is 5.75 Å². The van der Waals surface area contributed by atoms with E-state index in [1.807, 2.05) is 41.8 Å². The summed E-state index contributed by atoms with van der Waals surface area (Å²) in [6, 6.07) is 13.5. The van der Waals surface area contributed by atoms with Crippen molar-refractivity contribution < 1.29 is 9.53 Å². The maximum absolute atomic E-state index is 11.8. The lowest BCUT2D eigenvalue weighted by molar-refractivity contribution is -0.127. The van der Waals surface area contributed by atoms with E-state index in [2.05, 4.69) is 11.4 Å². The Kier molecular flexibility index (Phi) is 4.98. The number of ether oxygens (including phenoxy) is 1. The molecule has 19 heavy (non-hydrogen) atoms. The smallest absolute Gasteiger partial charge is 0.260 e. The Bertz CT molecular complexity index is 496. The van der Waals surface area contributed by atoms with Gasteiger partial charge in [0.2, 0.25) is 0 Å². The summed E-state index contributed by atoms with van der Waals surface area (Å²) in [6.45, 7) is 2.40. The zero-order valence-electron chi connectivity index (χ0n) is 10.8. The molecule has 0 spiro atoms. The minimum Gasteiger partial charge on any atom is -0.481 e. The molecule has 1 aromatic heterocycles. The van der Waals surface area contributed by atoms with Crippen LogP contribution in [0, 0.1) is 0 Å². The zero-order chi connectivity index (χ0) is 13.5. The summed E-state index contributed by atoms with van der Waals surface area (Å²) < 4.78 is 5.55. The summed E-state index contributed by atoms with van der Waals surface area (Å²) in [7, 11) is 0. The Morgan fingerprint density at radius 1 is 1.26 bits per heavy atom.